The van der Waals surface area contributed by atoms with E-state index in [9.17, 15) is 4.79 Å². The summed E-state index contributed by atoms with van der Waals surface area (Å²) in [6, 6.07) is 20.0. The van der Waals surface area contributed by atoms with Gasteiger partial charge in [-0.3, -0.25) is 4.79 Å². The third-order valence-corrected chi connectivity index (χ3v) is 6.71. The van der Waals surface area contributed by atoms with Crippen LogP contribution in [0.5, 0.6) is 0 Å². The van der Waals surface area contributed by atoms with Crippen molar-refractivity contribution in [3.8, 4) is 0 Å². The van der Waals surface area contributed by atoms with Gasteiger partial charge in [0.25, 0.3) is 5.91 Å². The Balaban J connectivity index is 1.61. The predicted octanol–water partition coefficient (Wildman–Crippen LogP) is 5.32. The summed E-state index contributed by atoms with van der Waals surface area (Å²) in [6.45, 7) is 11.2. The smallest absolute Gasteiger partial charge is 0.251 e. The Hall–Kier alpha value is -4.58. The highest BCUT2D eigenvalue weighted by molar-refractivity contribution is 6.02. The molecule has 0 atom stereocenters. The first-order valence-electron chi connectivity index (χ1n) is 12.2. The van der Waals surface area contributed by atoms with Crippen molar-refractivity contribution in [2.45, 2.75) is 33.9 Å². The first-order valence-corrected chi connectivity index (χ1v) is 12.2. The fourth-order valence-corrected chi connectivity index (χ4v) is 4.50. The number of benzene rings is 3. The van der Waals surface area contributed by atoms with E-state index in [0.29, 0.717) is 18.7 Å². The maximum absolute atomic E-state index is 12.8. The second-order valence-corrected chi connectivity index (χ2v) is 9.24. The van der Waals surface area contributed by atoms with Gasteiger partial charge >= 0.3 is 0 Å². The van der Waals surface area contributed by atoms with Gasteiger partial charge in [-0.15, -0.1) is 0 Å². The van der Waals surface area contributed by atoms with Crippen molar-refractivity contribution in [3.05, 3.63) is 124 Å². The number of hydrogen-bond donors (Lipinski definition) is 3. The lowest BCUT2D eigenvalue weighted by Gasteiger charge is -2.13. The summed E-state index contributed by atoms with van der Waals surface area (Å²) >= 11 is 0. The molecule has 0 aliphatic heterocycles. The summed E-state index contributed by atoms with van der Waals surface area (Å²) in [4.78, 5) is 12.8. The number of hydrogen-bond acceptors (Lipinski definition) is 3. The van der Waals surface area contributed by atoms with Crippen LogP contribution in [-0.4, -0.2) is 16.3 Å². The first-order chi connectivity index (χ1) is 17.8. The largest absolute Gasteiger partial charge is 0.382 e. The maximum atomic E-state index is 12.8. The third-order valence-electron chi connectivity index (χ3n) is 6.71. The number of amides is 1. The summed E-state index contributed by atoms with van der Waals surface area (Å²) in [5, 5.41) is 7.72. The predicted molar refractivity (Wildman–Crippen MR) is 153 cm³/mol. The summed E-state index contributed by atoms with van der Waals surface area (Å²) in [5.74, 6) is 5.62. The maximum Gasteiger partial charge on any atom is 0.251 e. The monoisotopic (exact) mass is 491 g/mol. The number of nitrogens with two attached hydrogens (primary N) is 2. The van der Waals surface area contributed by atoms with E-state index in [-0.39, 0.29) is 11.7 Å². The molecule has 0 saturated heterocycles. The topological polar surface area (TPSA) is 98.4 Å². The van der Waals surface area contributed by atoms with Gasteiger partial charge in [0, 0.05) is 46.4 Å². The Morgan fingerprint density at radius 3 is 2.43 bits per heavy atom. The molecule has 0 saturated carbocycles. The van der Waals surface area contributed by atoms with Crippen LogP contribution in [0.25, 0.3) is 17.0 Å². The molecule has 0 spiro atoms. The van der Waals surface area contributed by atoms with Gasteiger partial charge in [0.15, 0.2) is 0 Å². The molecule has 0 aliphatic carbocycles. The van der Waals surface area contributed by atoms with Crippen molar-refractivity contribution in [2.24, 2.45) is 16.7 Å². The Bertz CT molecular complexity index is 1520. The molecule has 1 heterocycles. The fraction of sp³-hybridized carbons (Fsp3) is 0.161. The molecule has 4 rings (SSSR count). The zero-order valence-corrected chi connectivity index (χ0v) is 21.6. The highest BCUT2D eigenvalue weighted by Gasteiger charge is 2.16. The molecule has 0 radical (unpaired) electrons. The molecule has 37 heavy (non-hydrogen) atoms. The van der Waals surface area contributed by atoms with E-state index in [2.05, 4.69) is 34.6 Å². The number of carbonyl (C=O) groups is 1. The Labute approximate surface area is 218 Å². The average Bonchev–Trinajstić information content (AvgIpc) is 3.17. The fourth-order valence-electron chi connectivity index (χ4n) is 4.50. The number of nitrogens with zero attached hydrogens (tertiary/aromatic N) is 2. The molecule has 0 unspecified atom stereocenters. The van der Waals surface area contributed by atoms with Crippen LogP contribution in [0.4, 0.5) is 0 Å². The number of fused-ring (bicyclic) bond motifs is 1. The van der Waals surface area contributed by atoms with Gasteiger partial charge < -0.3 is 21.5 Å². The van der Waals surface area contributed by atoms with Crippen molar-refractivity contribution in [3.63, 3.8) is 0 Å². The summed E-state index contributed by atoms with van der Waals surface area (Å²) in [6.07, 6.45) is 5.73. The standard InChI is InChI=1S/C31H33N5O/c1-5-6-7-27-22(4)36(29-15-14-24(17-28(27)29)30(32)35-33)19-26-13-12-25(16-21(26)3)31(37)34-18-23-10-8-20(2)9-11-23/h5-17H,1,18-19,33H2,2-4H3,(H2,32,35)(H,34,37)/b7-6-. The molecular formula is C31H33N5O. The lowest BCUT2D eigenvalue weighted by molar-refractivity contribution is 0.0951. The van der Waals surface area contributed by atoms with Crippen LogP contribution in [0.15, 0.2) is 84.5 Å². The normalized spacial score (nSPS) is 11.8. The van der Waals surface area contributed by atoms with E-state index in [1.165, 1.54) is 5.56 Å². The molecule has 188 valence electrons. The van der Waals surface area contributed by atoms with Gasteiger partial charge in [0.1, 0.15) is 5.84 Å². The van der Waals surface area contributed by atoms with Gasteiger partial charge in [-0.05, 0) is 67.8 Å². The minimum Gasteiger partial charge on any atom is -0.382 e. The molecule has 1 aromatic heterocycles. The molecule has 3 aromatic carbocycles. The number of amidine groups is 1. The van der Waals surface area contributed by atoms with Crippen molar-refractivity contribution in [1.82, 2.24) is 9.88 Å². The Kier molecular flexibility index (Phi) is 7.58. The van der Waals surface area contributed by atoms with Crippen molar-refractivity contribution < 1.29 is 4.79 Å². The van der Waals surface area contributed by atoms with Gasteiger partial charge in [-0.2, -0.15) is 5.10 Å². The minimum atomic E-state index is -0.0821. The molecular weight excluding hydrogens is 458 g/mol. The molecule has 6 nitrogen and oxygen atoms in total. The van der Waals surface area contributed by atoms with Crippen LogP contribution < -0.4 is 16.9 Å². The molecule has 1 amide bonds. The highest BCUT2D eigenvalue weighted by Crippen LogP contribution is 2.30. The summed E-state index contributed by atoms with van der Waals surface area (Å²) in [5.41, 5.74) is 15.2. The highest BCUT2D eigenvalue weighted by atomic mass is 16.1. The molecule has 6 heteroatoms. The van der Waals surface area contributed by atoms with E-state index in [1.54, 1.807) is 6.08 Å². The van der Waals surface area contributed by atoms with Crippen molar-refractivity contribution in [1.29, 1.82) is 0 Å². The van der Waals surface area contributed by atoms with E-state index in [1.807, 2.05) is 80.6 Å². The minimum absolute atomic E-state index is 0.0821. The van der Waals surface area contributed by atoms with Crippen LogP contribution in [-0.2, 0) is 13.1 Å². The van der Waals surface area contributed by atoms with Gasteiger partial charge in [0.05, 0.1) is 0 Å². The lowest BCUT2D eigenvalue weighted by atomic mass is 10.0. The lowest BCUT2D eigenvalue weighted by Crippen LogP contribution is -2.23. The molecule has 5 N–H and O–H groups in total. The number of hydrazone groups is 1. The average molecular weight is 492 g/mol. The van der Waals surface area contributed by atoms with E-state index in [0.717, 1.165) is 44.4 Å². The quantitative estimate of drug-likeness (QED) is 0.102. The van der Waals surface area contributed by atoms with Crippen LogP contribution in [0.1, 0.15) is 49.4 Å². The summed E-state index contributed by atoms with van der Waals surface area (Å²) < 4.78 is 2.27. The van der Waals surface area contributed by atoms with Gasteiger partial charge in [-0.1, -0.05) is 60.7 Å². The molecule has 4 aromatic rings. The zero-order chi connectivity index (χ0) is 26.5. The number of allylic oxidation sites excluding steroid dienone is 2. The van der Waals surface area contributed by atoms with Gasteiger partial charge in [-0.25, -0.2) is 0 Å². The second kappa shape index (κ2) is 11.0. The van der Waals surface area contributed by atoms with E-state index < -0.39 is 0 Å². The second-order valence-electron chi connectivity index (χ2n) is 9.24. The summed E-state index contributed by atoms with van der Waals surface area (Å²) in [7, 11) is 0. The van der Waals surface area contributed by atoms with Crippen molar-refractivity contribution in [2.75, 3.05) is 0 Å². The third kappa shape index (κ3) is 5.48. The number of nitrogens with one attached hydrogen (secondary N) is 1. The Morgan fingerprint density at radius 1 is 1.03 bits per heavy atom. The van der Waals surface area contributed by atoms with Crippen LogP contribution in [0.2, 0.25) is 0 Å². The first kappa shape index (κ1) is 25.5. The molecule has 0 fully saturated rings. The van der Waals surface area contributed by atoms with Gasteiger partial charge in [0.2, 0.25) is 0 Å². The van der Waals surface area contributed by atoms with E-state index >= 15 is 0 Å². The Morgan fingerprint density at radius 2 is 1.76 bits per heavy atom. The number of rotatable bonds is 8. The number of aromatic nitrogens is 1. The van der Waals surface area contributed by atoms with Crippen LogP contribution >= 0.6 is 0 Å². The SMILES string of the molecule is C=C/C=C\c1c(C)n(Cc2ccc(C(=O)NCc3ccc(C)cc3)cc2C)c2ccc(/C(N)=N/N)cc12. The molecule has 0 bridgehead atoms. The van der Waals surface area contributed by atoms with Crippen LogP contribution in [0, 0.1) is 20.8 Å². The van der Waals surface area contributed by atoms with E-state index in [4.69, 9.17) is 11.6 Å². The van der Waals surface area contributed by atoms with Crippen LogP contribution in [0.3, 0.4) is 0 Å². The zero-order valence-electron chi connectivity index (χ0n) is 21.6. The number of carbonyl (C=O) groups excluding carboxylic acids is 1. The van der Waals surface area contributed by atoms with Crippen molar-refractivity contribution >= 4 is 28.7 Å². The number of aryl methyl sites for hydroxylation is 2. The molecule has 0 aliphatic rings.